The number of carbonyl (C=O) groups excluding carboxylic acids is 1. The van der Waals surface area contributed by atoms with Gasteiger partial charge < -0.3 is 25.2 Å². The molecule has 2 aliphatic heterocycles. The standard InChI is InChI=1S/C22H26ClN5O2S/c1-24-21(31)25-14-20-15-28(22(29)30-20)18-7-5-17(6-8-18)26-9-11-27(12-10-26)19-4-2-3-16(23)13-19/h2-8,13,20H,9-12,14-15H2,1H3,(H2,24,25,31)/t20-/m0/s1. The van der Waals surface area contributed by atoms with Gasteiger partial charge in [0.05, 0.1) is 13.1 Å². The van der Waals surface area contributed by atoms with Crippen molar-refractivity contribution >= 4 is 52.1 Å². The van der Waals surface area contributed by atoms with Gasteiger partial charge in [-0.1, -0.05) is 17.7 Å². The zero-order valence-electron chi connectivity index (χ0n) is 17.4. The SMILES string of the molecule is CNC(=S)NC[C@H]1CN(c2ccc(N3CCN(c4cccc(Cl)c4)CC3)cc2)C(=O)O1. The molecule has 2 saturated heterocycles. The van der Waals surface area contributed by atoms with Crippen LogP contribution in [0.3, 0.4) is 0 Å². The average Bonchev–Trinajstić information content (AvgIpc) is 3.18. The first-order chi connectivity index (χ1) is 15.0. The first-order valence-electron chi connectivity index (χ1n) is 10.3. The molecule has 7 nitrogen and oxygen atoms in total. The lowest BCUT2D eigenvalue weighted by Gasteiger charge is -2.37. The Morgan fingerprint density at radius 3 is 2.35 bits per heavy atom. The Hall–Kier alpha value is -2.71. The van der Waals surface area contributed by atoms with Crippen LogP contribution in [0.1, 0.15) is 0 Å². The van der Waals surface area contributed by atoms with Gasteiger partial charge in [-0.2, -0.15) is 0 Å². The van der Waals surface area contributed by atoms with E-state index in [0.29, 0.717) is 18.2 Å². The summed E-state index contributed by atoms with van der Waals surface area (Å²) in [6.45, 7) is 4.70. The van der Waals surface area contributed by atoms with Crippen molar-refractivity contribution in [2.24, 2.45) is 0 Å². The number of halogens is 1. The molecule has 4 rings (SSSR count). The van der Waals surface area contributed by atoms with E-state index in [1.54, 1.807) is 11.9 Å². The van der Waals surface area contributed by atoms with Crippen LogP contribution in [-0.4, -0.2) is 63.6 Å². The van der Waals surface area contributed by atoms with Crippen LogP contribution >= 0.6 is 23.8 Å². The number of rotatable bonds is 5. The zero-order valence-corrected chi connectivity index (χ0v) is 19.0. The van der Waals surface area contributed by atoms with Gasteiger partial charge in [0, 0.05) is 55.3 Å². The molecule has 0 aromatic heterocycles. The van der Waals surface area contributed by atoms with E-state index < -0.39 is 0 Å². The minimum Gasteiger partial charge on any atom is -0.442 e. The molecule has 2 fully saturated rings. The first kappa shape index (κ1) is 21.5. The first-order valence-corrected chi connectivity index (χ1v) is 11.1. The summed E-state index contributed by atoms with van der Waals surface area (Å²) in [6.07, 6.45) is -0.567. The summed E-state index contributed by atoms with van der Waals surface area (Å²) in [7, 11) is 1.75. The topological polar surface area (TPSA) is 60.1 Å². The summed E-state index contributed by atoms with van der Waals surface area (Å²) in [5, 5.41) is 7.18. The maximum Gasteiger partial charge on any atom is 0.414 e. The number of anilines is 3. The second-order valence-corrected chi connectivity index (χ2v) is 8.39. The van der Waals surface area contributed by atoms with Gasteiger partial charge in [-0.3, -0.25) is 4.90 Å². The average molecular weight is 460 g/mol. The van der Waals surface area contributed by atoms with Crippen LogP contribution in [0.15, 0.2) is 48.5 Å². The van der Waals surface area contributed by atoms with Crippen molar-refractivity contribution < 1.29 is 9.53 Å². The highest BCUT2D eigenvalue weighted by molar-refractivity contribution is 7.80. The number of amides is 1. The molecular formula is C22H26ClN5O2S. The number of hydrogen-bond acceptors (Lipinski definition) is 5. The molecule has 0 spiro atoms. The third kappa shape index (κ3) is 5.14. The Bertz CT molecular complexity index is 934. The molecule has 0 saturated carbocycles. The molecule has 0 radical (unpaired) electrons. The fraction of sp³-hybridized carbons (Fsp3) is 0.364. The van der Waals surface area contributed by atoms with Crippen LogP contribution in [0.2, 0.25) is 5.02 Å². The number of thiocarbonyl (C=S) groups is 1. The van der Waals surface area contributed by atoms with Crippen LogP contribution in [0, 0.1) is 0 Å². The summed E-state index contributed by atoms with van der Waals surface area (Å²) >= 11 is 11.2. The minimum atomic E-state index is -0.329. The van der Waals surface area contributed by atoms with Crippen LogP contribution in [-0.2, 0) is 4.74 Å². The van der Waals surface area contributed by atoms with E-state index in [1.807, 2.05) is 30.3 Å². The number of hydrogen-bond donors (Lipinski definition) is 2. The molecule has 2 aromatic rings. The van der Waals surface area contributed by atoms with Crippen molar-refractivity contribution in [3.63, 3.8) is 0 Å². The van der Waals surface area contributed by atoms with E-state index in [0.717, 1.165) is 48.3 Å². The second kappa shape index (κ2) is 9.62. The van der Waals surface area contributed by atoms with E-state index in [4.69, 9.17) is 28.6 Å². The van der Waals surface area contributed by atoms with Gasteiger partial charge in [0.2, 0.25) is 0 Å². The summed E-state index contributed by atoms with van der Waals surface area (Å²) in [4.78, 5) is 18.7. The number of cyclic esters (lactones) is 1. The van der Waals surface area contributed by atoms with Gasteiger partial charge in [-0.15, -0.1) is 0 Å². The molecular weight excluding hydrogens is 434 g/mol. The Balaban J connectivity index is 1.32. The van der Waals surface area contributed by atoms with E-state index >= 15 is 0 Å². The predicted molar refractivity (Wildman–Crippen MR) is 130 cm³/mol. The molecule has 0 unspecified atom stereocenters. The van der Waals surface area contributed by atoms with Crippen LogP contribution in [0.5, 0.6) is 0 Å². The van der Waals surface area contributed by atoms with Crippen LogP contribution in [0.4, 0.5) is 21.9 Å². The molecule has 2 N–H and O–H groups in total. The summed E-state index contributed by atoms with van der Waals surface area (Å²) < 4.78 is 5.44. The number of benzene rings is 2. The monoisotopic (exact) mass is 459 g/mol. The lowest BCUT2D eigenvalue weighted by atomic mass is 10.2. The van der Waals surface area contributed by atoms with E-state index in [2.05, 4.69) is 38.6 Å². The predicted octanol–water partition coefficient (Wildman–Crippen LogP) is 3.09. The maximum absolute atomic E-state index is 12.3. The smallest absolute Gasteiger partial charge is 0.414 e. The van der Waals surface area contributed by atoms with Crippen molar-refractivity contribution in [3.05, 3.63) is 53.6 Å². The van der Waals surface area contributed by atoms with Gasteiger partial charge >= 0.3 is 6.09 Å². The highest BCUT2D eigenvalue weighted by atomic mass is 35.5. The quantitative estimate of drug-likeness (QED) is 0.666. The van der Waals surface area contributed by atoms with E-state index in [1.165, 1.54) is 0 Å². The number of ether oxygens (including phenoxy) is 1. The van der Waals surface area contributed by atoms with Crippen LogP contribution in [0.25, 0.3) is 0 Å². The zero-order chi connectivity index (χ0) is 21.8. The number of nitrogens with one attached hydrogen (secondary N) is 2. The lowest BCUT2D eigenvalue weighted by molar-refractivity contribution is 0.143. The molecule has 9 heteroatoms. The normalized spacial score (nSPS) is 18.7. The lowest BCUT2D eigenvalue weighted by Crippen LogP contribution is -2.46. The third-order valence-electron chi connectivity index (χ3n) is 5.57. The Morgan fingerprint density at radius 2 is 1.71 bits per heavy atom. The molecule has 0 aliphatic carbocycles. The molecule has 31 heavy (non-hydrogen) atoms. The third-order valence-corrected chi connectivity index (χ3v) is 6.15. The van der Waals surface area contributed by atoms with E-state index in [9.17, 15) is 4.79 Å². The van der Waals surface area contributed by atoms with Gasteiger partial charge in [0.25, 0.3) is 0 Å². The van der Waals surface area contributed by atoms with Crippen molar-refractivity contribution in [1.29, 1.82) is 0 Å². The van der Waals surface area contributed by atoms with Gasteiger partial charge in [0.1, 0.15) is 6.10 Å². The molecule has 1 atom stereocenters. The van der Waals surface area contributed by atoms with Gasteiger partial charge in [-0.25, -0.2) is 4.79 Å². The number of nitrogens with zero attached hydrogens (tertiary/aromatic N) is 3. The van der Waals surface area contributed by atoms with E-state index in [-0.39, 0.29) is 12.2 Å². The highest BCUT2D eigenvalue weighted by Crippen LogP contribution is 2.27. The molecule has 2 heterocycles. The minimum absolute atomic E-state index is 0.238. The van der Waals surface area contributed by atoms with Crippen molar-refractivity contribution in [2.75, 3.05) is 61.0 Å². The Morgan fingerprint density at radius 1 is 1.06 bits per heavy atom. The summed E-state index contributed by atoms with van der Waals surface area (Å²) in [5.74, 6) is 0. The maximum atomic E-state index is 12.3. The molecule has 1 amide bonds. The highest BCUT2D eigenvalue weighted by Gasteiger charge is 2.32. The van der Waals surface area contributed by atoms with Crippen molar-refractivity contribution in [3.8, 4) is 0 Å². The van der Waals surface area contributed by atoms with Crippen molar-refractivity contribution in [2.45, 2.75) is 6.10 Å². The fourth-order valence-corrected chi connectivity index (χ4v) is 4.14. The molecule has 0 bridgehead atoms. The number of piperazine rings is 1. The Kier molecular flexibility index (Phi) is 6.67. The summed E-state index contributed by atoms with van der Waals surface area (Å²) in [6, 6.07) is 16.1. The fourth-order valence-electron chi connectivity index (χ4n) is 3.87. The number of carbonyl (C=O) groups is 1. The largest absolute Gasteiger partial charge is 0.442 e. The summed E-state index contributed by atoms with van der Waals surface area (Å²) in [5.41, 5.74) is 3.15. The second-order valence-electron chi connectivity index (χ2n) is 7.55. The molecule has 2 aliphatic rings. The molecule has 2 aromatic carbocycles. The van der Waals surface area contributed by atoms with Crippen molar-refractivity contribution in [1.82, 2.24) is 10.6 Å². The van der Waals surface area contributed by atoms with Gasteiger partial charge in [-0.05, 0) is 54.7 Å². The molecule has 164 valence electrons. The van der Waals surface area contributed by atoms with Gasteiger partial charge in [0.15, 0.2) is 5.11 Å². The Labute approximate surface area is 192 Å². The van der Waals surface area contributed by atoms with Crippen LogP contribution < -0.4 is 25.3 Å².